The summed E-state index contributed by atoms with van der Waals surface area (Å²) in [5, 5.41) is 10.3. The second kappa shape index (κ2) is 20.0. The Morgan fingerprint density at radius 2 is 1.19 bits per heavy atom. The zero-order valence-corrected chi connectivity index (χ0v) is 30.1. The summed E-state index contributed by atoms with van der Waals surface area (Å²) in [5.41, 5.74) is 3.16. The van der Waals surface area contributed by atoms with Gasteiger partial charge in [-0.25, -0.2) is 9.59 Å². The highest BCUT2D eigenvalue weighted by Gasteiger charge is 2.10. The van der Waals surface area contributed by atoms with Gasteiger partial charge in [-0.1, -0.05) is 58.9 Å². The molecule has 0 amide bonds. The van der Waals surface area contributed by atoms with E-state index in [0.29, 0.717) is 40.3 Å². The second-order valence-corrected chi connectivity index (χ2v) is 13.0. The number of esters is 2. The Hall–Kier alpha value is -3.67. The number of aliphatic hydroxyl groups excluding tert-OH is 1. The molecule has 12 heteroatoms. The van der Waals surface area contributed by atoms with E-state index in [-0.39, 0.29) is 25.8 Å². The molecule has 0 radical (unpaired) electrons. The monoisotopic (exact) mass is 730 g/mol. The molecule has 0 unspecified atom stereocenters. The van der Waals surface area contributed by atoms with Gasteiger partial charge in [0.15, 0.2) is 13.2 Å². The third kappa shape index (κ3) is 12.4. The van der Waals surface area contributed by atoms with Crippen LogP contribution in [0, 0.1) is 13.8 Å². The van der Waals surface area contributed by atoms with E-state index in [1.165, 1.54) is 23.5 Å². The number of carbonyl (C=O) groups excluding carboxylic acids is 3. The van der Waals surface area contributed by atoms with Crippen LogP contribution in [0.2, 0.25) is 10.0 Å². The summed E-state index contributed by atoms with van der Waals surface area (Å²) in [7, 11) is 0. The molecule has 4 aromatic rings. The minimum atomic E-state index is -0.391. The van der Waals surface area contributed by atoms with Gasteiger partial charge in [0.1, 0.15) is 17.8 Å². The Balaban J connectivity index is 0.000000260. The van der Waals surface area contributed by atoms with Crippen molar-refractivity contribution in [2.24, 2.45) is 0 Å². The summed E-state index contributed by atoms with van der Waals surface area (Å²) >= 11 is 15.4. The van der Waals surface area contributed by atoms with Gasteiger partial charge in [-0.15, -0.1) is 0 Å². The molecule has 0 bridgehead atoms. The number of hydrogen-bond donors (Lipinski definition) is 1. The number of aliphatic hydroxyl groups is 1. The molecule has 48 heavy (non-hydrogen) atoms. The molecule has 0 fully saturated rings. The van der Waals surface area contributed by atoms with Crippen molar-refractivity contribution < 1.29 is 38.4 Å². The lowest BCUT2D eigenvalue weighted by molar-refractivity contribution is -0.146. The van der Waals surface area contributed by atoms with Gasteiger partial charge in [0, 0.05) is 25.1 Å². The Labute approximate surface area is 299 Å². The molecule has 0 aliphatic rings. The first kappa shape index (κ1) is 38.8. The van der Waals surface area contributed by atoms with Gasteiger partial charge >= 0.3 is 11.9 Å². The third-order valence-corrected chi connectivity index (χ3v) is 9.30. The van der Waals surface area contributed by atoms with E-state index in [4.69, 9.17) is 47.3 Å². The molecule has 254 valence electrons. The average Bonchev–Trinajstić information content (AvgIpc) is 3.06. The maximum atomic E-state index is 11.3. The van der Waals surface area contributed by atoms with E-state index in [1.54, 1.807) is 32.0 Å². The standard InChI is InChI=1S/C18H19ClO4S.C18H17ClO4S/c2*1-3-22-18(21)11-23-16-6-5-14(8-12(16)2)24-17-7-4-13(10-20)9-15(17)19/h4-9,20H,3,10-11H2,1-2H3;4-10H,3,11H2,1-2H3. The Morgan fingerprint density at radius 3 is 1.58 bits per heavy atom. The van der Waals surface area contributed by atoms with Gasteiger partial charge in [0.2, 0.25) is 0 Å². The normalized spacial score (nSPS) is 10.4. The van der Waals surface area contributed by atoms with Crippen LogP contribution in [-0.2, 0) is 25.7 Å². The van der Waals surface area contributed by atoms with Crippen molar-refractivity contribution in [2.75, 3.05) is 26.4 Å². The summed E-state index contributed by atoms with van der Waals surface area (Å²) in [6, 6.07) is 22.0. The SMILES string of the molecule is CCOC(=O)COc1ccc(Sc2ccc(C=O)cc2Cl)cc1C.CCOC(=O)COc1ccc(Sc2ccc(CO)cc2Cl)cc1C. The number of aldehydes is 1. The molecule has 0 aromatic heterocycles. The smallest absolute Gasteiger partial charge is 0.344 e. The molecule has 4 aromatic carbocycles. The van der Waals surface area contributed by atoms with Crippen molar-refractivity contribution in [3.05, 3.63) is 105 Å². The fraction of sp³-hybridized carbons (Fsp3) is 0.250. The van der Waals surface area contributed by atoms with E-state index in [0.717, 1.165) is 42.6 Å². The van der Waals surface area contributed by atoms with Gasteiger partial charge in [-0.2, -0.15) is 0 Å². The molecule has 0 aliphatic heterocycles. The first-order chi connectivity index (χ1) is 23.1. The zero-order valence-electron chi connectivity index (χ0n) is 26.9. The van der Waals surface area contributed by atoms with Crippen molar-refractivity contribution in [3.8, 4) is 11.5 Å². The summed E-state index contributed by atoms with van der Waals surface area (Å²) in [5.74, 6) is 0.507. The van der Waals surface area contributed by atoms with E-state index in [1.807, 2.05) is 68.4 Å². The number of ether oxygens (including phenoxy) is 4. The lowest BCUT2D eigenvalue weighted by atomic mass is 10.2. The predicted octanol–water partition coefficient (Wildman–Crippen LogP) is 8.79. The number of rotatable bonds is 14. The summed E-state index contributed by atoms with van der Waals surface area (Å²) in [6.45, 7) is 7.76. The molecule has 4 rings (SSSR count). The van der Waals surface area contributed by atoms with Crippen molar-refractivity contribution in [1.82, 2.24) is 0 Å². The molecule has 0 aliphatic carbocycles. The predicted molar refractivity (Wildman–Crippen MR) is 189 cm³/mol. The van der Waals surface area contributed by atoms with Crippen molar-refractivity contribution >= 4 is 65.0 Å². The highest BCUT2D eigenvalue weighted by atomic mass is 35.5. The van der Waals surface area contributed by atoms with Crippen molar-refractivity contribution in [1.29, 1.82) is 0 Å². The molecule has 0 atom stereocenters. The summed E-state index contributed by atoms with van der Waals surface area (Å²) in [4.78, 5) is 37.2. The van der Waals surface area contributed by atoms with Crippen LogP contribution in [0.1, 0.15) is 40.9 Å². The Morgan fingerprint density at radius 1 is 0.708 bits per heavy atom. The molecular weight excluding hydrogens is 695 g/mol. The van der Waals surface area contributed by atoms with Crippen LogP contribution in [0.25, 0.3) is 0 Å². The van der Waals surface area contributed by atoms with E-state index >= 15 is 0 Å². The quantitative estimate of drug-likeness (QED) is 0.0999. The molecule has 0 saturated heterocycles. The van der Waals surface area contributed by atoms with Crippen LogP contribution in [0.15, 0.2) is 92.4 Å². The van der Waals surface area contributed by atoms with Gasteiger partial charge in [0.25, 0.3) is 0 Å². The third-order valence-electron chi connectivity index (χ3n) is 6.32. The highest BCUT2D eigenvalue weighted by molar-refractivity contribution is 7.99. The van der Waals surface area contributed by atoms with Crippen molar-refractivity contribution in [3.63, 3.8) is 0 Å². The topological polar surface area (TPSA) is 108 Å². The average molecular weight is 732 g/mol. The summed E-state index contributed by atoms with van der Waals surface area (Å²) < 4.78 is 20.6. The summed E-state index contributed by atoms with van der Waals surface area (Å²) in [6.07, 6.45) is 0.764. The first-order valence-electron chi connectivity index (χ1n) is 14.8. The van der Waals surface area contributed by atoms with Crippen LogP contribution in [0.3, 0.4) is 0 Å². The number of benzene rings is 4. The lowest BCUT2D eigenvalue weighted by Crippen LogP contribution is -2.14. The van der Waals surface area contributed by atoms with Crippen LogP contribution < -0.4 is 9.47 Å². The number of aryl methyl sites for hydroxylation is 2. The van der Waals surface area contributed by atoms with Crippen LogP contribution >= 0.6 is 46.7 Å². The van der Waals surface area contributed by atoms with Gasteiger partial charge in [-0.05, 0) is 105 Å². The lowest BCUT2D eigenvalue weighted by Gasteiger charge is -2.11. The minimum absolute atomic E-state index is 0.0315. The van der Waals surface area contributed by atoms with Crippen LogP contribution in [0.5, 0.6) is 11.5 Å². The molecule has 8 nitrogen and oxygen atoms in total. The molecule has 0 heterocycles. The van der Waals surface area contributed by atoms with E-state index in [9.17, 15) is 14.4 Å². The van der Waals surface area contributed by atoms with E-state index < -0.39 is 5.97 Å². The van der Waals surface area contributed by atoms with Gasteiger partial charge < -0.3 is 24.1 Å². The maximum absolute atomic E-state index is 11.3. The van der Waals surface area contributed by atoms with Crippen molar-refractivity contribution in [2.45, 2.75) is 53.9 Å². The van der Waals surface area contributed by atoms with Gasteiger partial charge in [-0.3, -0.25) is 4.79 Å². The molecular formula is C36H36Cl2O8S2. The molecule has 1 N–H and O–H groups in total. The maximum Gasteiger partial charge on any atom is 0.344 e. The first-order valence-corrected chi connectivity index (χ1v) is 17.2. The zero-order chi connectivity index (χ0) is 35.1. The molecule has 0 spiro atoms. The highest BCUT2D eigenvalue weighted by Crippen LogP contribution is 2.37. The van der Waals surface area contributed by atoms with Crippen LogP contribution in [0.4, 0.5) is 0 Å². The Kier molecular flexibility index (Phi) is 16.1. The van der Waals surface area contributed by atoms with E-state index in [2.05, 4.69) is 0 Å². The van der Waals surface area contributed by atoms with Crippen LogP contribution in [-0.4, -0.2) is 49.8 Å². The Bertz CT molecular complexity index is 1710. The second-order valence-electron chi connectivity index (χ2n) is 9.98. The van der Waals surface area contributed by atoms with Gasteiger partial charge in [0.05, 0.1) is 29.9 Å². The fourth-order valence-electron chi connectivity index (χ4n) is 4.03. The number of carbonyl (C=O) groups is 3. The fourth-order valence-corrected chi connectivity index (χ4v) is 6.49. The minimum Gasteiger partial charge on any atom is -0.482 e. The largest absolute Gasteiger partial charge is 0.482 e. The number of hydrogen-bond acceptors (Lipinski definition) is 10. The number of halogens is 2. The molecule has 0 saturated carbocycles.